The van der Waals surface area contributed by atoms with Crippen LogP contribution in [0.5, 0.6) is 0 Å². The van der Waals surface area contributed by atoms with Crippen LogP contribution in [-0.4, -0.2) is 15.4 Å². The summed E-state index contributed by atoms with van der Waals surface area (Å²) in [5.41, 5.74) is 4.89. The highest BCUT2D eigenvalue weighted by atomic mass is 19.1. The summed E-state index contributed by atoms with van der Waals surface area (Å²) in [6, 6.07) is 28.1. The number of halogens is 1. The third kappa shape index (κ3) is 5.10. The zero-order valence-corrected chi connectivity index (χ0v) is 17.5. The Bertz CT molecular complexity index is 1170. The average Bonchev–Trinajstić information content (AvgIpc) is 3.21. The van der Waals surface area contributed by atoms with Gasteiger partial charge in [0.15, 0.2) is 0 Å². The van der Waals surface area contributed by atoms with Crippen molar-refractivity contribution in [3.8, 4) is 0 Å². The lowest BCUT2D eigenvalue weighted by Crippen LogP contribution is -2.31. The van der Waals surface area contributed by atoms with Gasteiger partial charge in [-0.15, -0.1) is 0 Å². The fraction of sp³-hybridized carbons (Fsp3) is 0.148. The first-order valence-electron chi connectivity index (χ1n) is 10.4. The lowest BCUT2D eigenvalue weighted by Gasteiger charge is -2.24. The van der Waals surface area contributed by atoms with Crippen molar-refractivity contribution in [2.45, 2.75) is 26.6 Å². The molecule has 4 heteroatoms. The molecule has 0 aliphatic carbocycles. The van der Waals surface area contributed by atoms with Gasteiger partial charge in [-0.25, -0.2) is 4.39 Å². The molecule has 0 saturated heterocycles. The number of carbonyl (C=O) groups is 1. The molecule has 4 rings (SSSR count). The smallest absolute Gasteiger partial charge is 0.254 e. The highest BCUT2D eigenvalue weighted by molar-refractivity contribution is 5.94. The van der Waals surface area contributed by atoms with Crippen molar-refractivity contribution < 1.29 is 9.18 Å². The molecule has 0 radical (unpaired) electrons. The molecule has 0 spiro atoms. The second-order valence-electron chi connectivity index (χ2n) is 7.71. The summed E-state index contributed by atoms with van der Waals surface area (Å²) in [5.74, 6) is -0.597. The van der Waals surface area contributed by atoms with Crippen molar-refractivity contribution in [2.75, 3.05) is 0 Å². The summed E-state index contributed by atoms with van der Waals surface area (Å²) in [5, 5.41) is 0. The maximum atomic E-state index is 13.8. The maximum absolute atomic E-state index is 13.8. The molecule has 1 heterocycles. The fourth-order valence-corrected chi connectivity index (χ4v) is 3.72. The molecule has 1 amide bonds. The first kappa shape index (κ1) is 20.6. The molecule has 4 aromatic rings. The molecule has 31 heavy (non-hydrogen) atoms. The Kier molecular flexibility index (Phi) is 6.27. The normalized spacial score (nSPS) is 10.8. The number of hydrogen-bond acceptors (Lipinski definition) is 1. The van der Waals surface area contributed by atoms with Gasteiger partial charge in [0.2, 0.25) is 0 Å². The van der Waals surface area contributed by atoms with E-state index < -0.39 is 5.82 Å². The number of hydrogen-bond donors (Lipinski definition) is 0. The molecule has 0 atom stereocenters. The van der Waals surface area contributed by atoms with Crippen molar-refractivity contribution in [1.82, 2.24) is 9.47 Å². The van der Waals surface area contributed by atoms with Crippen LogP contribution in [0.4, 0.5) is 4.39 Å². The second-order valence-corrected chi connectivity index (χ2v) is 7.71. The molecule has 0 fully saturated rings. The number of carbonyl (C=O) groups excluding carboxylic acids is 1. The van der Waals surface area contributed by atoms with E-state index in [4.69, 9.17) is 0 Å². The highest BCUT2D eigenvalue weighted by Gasteiger charge is 2.19. The van der Waals surface area contributed by atoms with Gasteiger partial charge in [-0.1, -0.05) is 60.7 Å². The second kappa shape index (κ2) is 9.43. The van der Waals surface area contributed by atoms with E-state index in [1.807, 2.05) is 60.8 Å². The van der Waals surface area contributed by atoms with E-state index in [2.05, 4.69) is 23.6 Å². The van der Waals surface area contributed by atoms with E-state index in [0.717, 1.165) is 17.8 Å². The highest BCUT2D eigenvalue weighted by Crippen LogP contribution is 2.18. The van der Waals surface area contributed by atoms with E-state index in [9.17, 15) is 9.18 Å². The van der Waals surface area contributed by atoms with Crippen LogP contribution in [0.15, 0.2) is 97.2 Å². The van der Waals surface area contributed by atoms with Crippen LogP contribution in [0.2, 0.25) is 0 Å². The number of rotatable bonds is 7. The lowest BCUT2D eigenvalue weighted by molar-refractivity contribution is 0.0725. The largest absolute Gasteiger partial charge is 0.345 e. The number of amides is 1. The van der Waals surface area contributed by atoms with Gasteiger partial charge in [0.25, 0.3) is 5.91 Å². The van der Waals surface area contributed by atoms with Crippen molar-refractivity contribution in [2.24, 2.45) is 0 Å². The summed E-state index contributed by atoms with van der Waals surface area (Å²) in [4.78, 5) is 15.1. The van der Waals surface area contributed by atoms with Crippen LogP contribution in [0, 0.1) is 12.7 Å². The lowest BCUT2D eigenvalue weighted by atomic mass is 10.1. The molecular formula is C27H25FN2O. The van der Waals surface area contributed by atoms with Crippen molar-refractivity contribution in [3.05, 3.63) is 131 Å². The van der Waals surface area contributed by atoms with E-state index in [1.54, 1.807) is 17.0 Å². The van der Waals surface area contributed by atoms with Crippen LogP contribution in [-0.2, 0) is 19.6 Å². The Morgan fingerprint density at radius 3 is 2.42 bits per heavy atom. The third-order valence-corrected chi connectivity index (χ3v) is 5.45. The fourth-order valence-electron chi connectivity index (χ4n) is 3.72. The standard InChI is InChI=1S/C27H25FN2O/c1-21-9-5-6-12-24(21)19-29-16-8-15-26(29)20-30(18-22-10-3-2-4-11-22)27(31)23-13-7-14-25(28)17-23/h2-17H,18-20H2,1H3. The van der Waals surface area contributed by atoms with Crippen molar-refractivity contribution >= 4 is 5.91 Å². The van der Waals surface area contributed by atoms with Gasteiger partial charge < -0.3 is 9.47 Å². The minimum Gasteiger partial charge on any atom is -0.345 e. The molecule has 3 aromatic carbocycles. The van der Waals surface area contributed by atoms with Gasteiger partial charge >= 0.3 is 0 Å². The number of aryl methyl sites for hydroxylation is 1. The zero-order chi connectivity index (χ0) is 21.6. The predicted octanol–water partition coefficient (Wildman–Crippen LogP) is 5.83. The Morgan fingerprint density at radius 2 is 1.65 bits per heavy atom. The molecule has 0 bridgehead atoms. The first-order valence-corrected chi connectivity index (χ1v) is 10.4. The van der Waals surface area contributed by atoms with Gasteiger partial charge in [-0.05, 0) is 53.9 Å². The minimum atomic E-state index is -0.409. The number of aromatic nitrogens is 1. The molecule has 3 nitrogen and oxygen atoms in total. The van der Waals surface area contributed by atoms with Crippen LogP contribution < -0.4 is 0 Å². The monoisotopic (exact) mass is 412 g/mol. The predicted molar refractivity (Wildman–Crippen MR) is 121 cm³/mol. The third-order valence-electron chi connectivity index (χ3n) is 5.45. The zero-order valence-electron chi connectivity index (χ0n) is 17.5. The molecule has 0 saturated carbocycles. The minimum absolute atomic E-state index is 0.188. The molecular weight excluding hydrogens is 387 g/mol. The molecule has 0 aliphatic rings. The Morgan fingerprint density at radius 1 is 0.871 bits per heavy atom. The molecule has 156 valence electrons. The van der Waals surface area contributed by atoms with E-state index >= 15 is 0 Å². The topological polar surface area (TPSA) is 25.2 Å². The summed E-state index contributed by atoms with van der Waals surface area (Å²) in [6.45, 7) is 3.73. The quantitative estimate of drug-likeness (QED) is 0.375. The van der Waals surface area contributed by atoms with Gasteiger partial charge in [0.1, 0.15) is 5.82 Å². The van der Waals surface area contributed by atoms with Gasteiger partial charge in [-0.3, -0.25) is 4.79 Å². The van der Waals surface area contributed by atoms with Crippen LogP contribution in [0.25, 0.3) is 0 Å². The summed E-state index contributed by atoms with van der Waals surface area (Å²) < 4.78 is 15.9. The summed E-state index contributed by atoms with van der Waals surface area (Å²) in [6.07, 6.45) is 2.04. The van der Waals surface area contributed by atoms with Gasteiger partial charge in [0.05, 0.1) is 6.54 Å². The molecule has 0 aliphatic heterocycles. The summed E-state index contributed by atoms with van der Waals surface area (Å²) in [7, 11) is 0. The molecule has 1 aromatic heterocycles. The van der Waals surface area contributed by atoms with Crippen LogP contribution in [0.3, 0.4) is 0 Å². The van der Waals surface area contributed by atoms with E-state index in [0.29, 0.717) is 18.7 Å². The Labute approximate surface area is 182 Å². The maximum Gasteiger partial charge on any atom is 0.254 e. The number of nitrogens with zero attached hydrogens (tertiary/aromatic N) is 2. The van der Waals surface area contributed by atoms with Gasteiger partial charge in [0, 0.05) is 30.5 Å². The SMILES string of the molecule is Cc1ccccc1Cn1cccc1CN(Cc1ccccc1)C(=O)c1cccc(F)c1. The average molecular weight is 413 g/mol. The number of benzene rings is 3. The van der Waals surface area contributed by atoms with E-state index in [-0.39, 0.29) is 5.91 Å². The molecule has 0 N–H and O–H groups in total. The Balaban J connectivity index is 1.61. The van der Waals surface area contributed by atoms with E-state index in [1.165, 1.54) is 23.3 Å². The Hall–Kier alpha value is -3.66. The summed E-state index contributed by atoms with van der Waals surface area (Å²) >= 11 is 0. The van der Waals surface area contributed by atoms with Crippen molar-refractivity contribution in [3.63, 3.8) is 0 Å². The van der Waals surface area contributed by atoms with Crippen LogP contribution >= 0.6 is 0 Å². The van der Waals surface area contributed by atoms with Crippen LogP contribution in [0.1, 0.15) is 32.7 Å². The molecule has 0 unspecified atom stereocenters. The van der Waals surface area contributed by atoms with Gasteiger partial charge in [-0.2, -0.15) is 0 Å². The first-order chi connectivity index (χ1) is 15.1. The van der Waals surface area contributed by atoms with Crippen molar-refractivity contribution in [1.29, 1.82) is 0 Å².